The number of nitrogens with one attached hydrogen (secondary N) is 1. The van der Waals surface area contributed by atoms with Gasteiger partial charge in [-0.2, -0.15) is 0 Å². The van der Waals surface area contributed by atoms with E-state index in [0.29, 0.717) is 36.1 Å². The van der Waals surface area contributed by atoms with E-state index in [0.717, 1.165) is 23.4 Å². The number of ether oxygens (including phenoxy) is 2. The quantitative estimate of drug-likeness (QED) is 0.585. The van der Waals surface area contributed by atoms with Gasteiger partial charge in [0, 0.05) is 12.0 Å². The van der Waals surface area contributed by atoms with Gasteiger partial charge in [0.05, 0.1) is 18.9 Å². The summed E-state index contributed by atoms with van der Waals surface area (Å²) in [5.74, 6) is 1.43. The molecular formula is C18H24N2O3S. The average molecular weight is 348 g/mol. The van der Waals surface area contributed by atoms with Crippen molar-refractivity contribution < 1.29 is 9.47 Å². The maximum absolute atomic E-state index is 12.4. The molecule has 6 heteroatoms. The minimum atomic E-state index is -0.0713. The Morgan fingerprint density at radius 1 is 1.12 bits per heavy atom. The lowest BCUT2D eigenvalue weighted by atomic mass is 10.0. The van der Waals surface area contributed by atoms with Gasteiger partial charge in [-0.1, -0.05) is 24.8 Å². The highest BCUT2D eigenvalue weighted by Gasteiger charge is 2.13. The van der Waals surface area contributed by atoms with Gasteiger partial charge in [0.25, 0.3) is 5.56 Å². The summed E-state index contributed by atoms with van der Waals surface area (Å²) in [6.07, 6.45) is 3.15. The van der Waals surface area contributed by atoms with Gasteiger partial charge in [-0.25, -0.2) is 4.98 Å². The standard InChI is InChI=1S/C18H24N2O3S/c1-5-14-13(17(21)20-18(19-14)24-4)10-12-8-9-15(22-6-2)16(11-12)23-7-3/h8-9,11H,5-7,10H2,1-4H3,(H,19,20,21). The van der Waals surface area contributed by atoms with E-state index < -0.39 is 0 Å². The van der Waals surface area contributed by atoms with Crippen LogP contribution in [0.15, 0.2) is 28.2 Å². The number of thioether (sulfide) groups is 1. The summed E-state index contributed by atoms with van der Waals surface area (Å²) >= 11 is 1.44. The maximum atomic E-state index is 12.4. The van der Waals surface area contributed by atoms with Crippen LogP contribution in [0.3, 0.4) is 0 Å². The van der Waals surface area contributed by atoms with E-state index in [1.807, 2.05) is 45.2 Å². The molecule has 1 aromatic carbocycles. The van der Waals surface area contributed by atoms with Crippen molar-refractivity contribution in [1.29, 1.82) is 0 Å². The fourth-order valence-corrected chi connectivity index (χ4v) is 2.90. The van der Waals surface area contributed by atoms with Crippen LogP contribution in [0.1, 0.15) is 37.6 Å². The highest BCUT2D eigenvalue weighted by molar-refractivity contribution is 7.98. The molecule has 1 N–H and O–H groups in total. The Hall–Kier alpha value is -1.95. The summed E-state index contributed by atoms with van der Waals surface area (Å²) in [6, 6.07) is 5.80. The lowest BCUT2D eigenvalue weighted by molar-refractivity contribution is 0.287. The van der Waals surface area contributed by atoms with Crippen LogP contribution in [0.2, 0.25) is 0 Å². The van der Waals surface area contributed by atoms with Crippen LogP contribution in [0.4, 0.5) is 0 Å². The molecular weight excluding hydrogens is 324 g/mol. The SMILES string of the molecule is CCOc1ccc(Cc2c(CC)nc(SC)[nH]c2=O)cc1OCC. The van der Waals surface area contributed by atoms with Gasteiger partial charge in [-0.15, -0.1) is 0 Å². The molecule has 0 spiro atoms. The topological polar surface area (TPSA) is 64.2 Å². The molecule has 2 aromatic rings. The van der Waals surface area contributed by atoms with E-state index in [1.54, 1.807) is 0 Å². The minimum absolute atomic E-state index is 0.0713. The summed E-state index contributed by atoms with van der Waals surface area (Å²) in [4.78, 5) is 19.8. The number of aromatic nitrogens is 2. The lowest BCUT2D eigenvalue weighted by Crippen LogP contribution is -2.19. The minimum Gasteiger partial charge on any atom is -0.490 e. The Morgan fingerprint density at radius 2 is 1.83 bits per heavy atom. The van der Waals surface area contributed by atoms with Crippen molar-refractivity contribution in [3.8, 4) is 11.5 Å². The largest absolute Gasteiger partial charge is 0.490 e. The number of benzene rings is 1. The Morgan fingerprint density at radius 3 is 2.46 bits per heavy atom. The Balaban J connectivity index is 2.37. The third-order valence-corrected chi connectivity index (χ3v) is 4.18. The first-order valence-corrected chi connectivity index (χ1v) is 9.39. The summed E-state index contributed by atoms with van der Waals surface area (Å²) in [7, 11) is 0. The molecule has 0 aliphatic heterocycles. The first-order chi connectivity index (χ1) is 11.6. The molecule has 0 radical (unpaired) electrons. The predicted octanol–water partition coefficient (Wildman–Crippen LogP) is 3.44. The van der Waals surface area contributed by atoms with E-state index in [2.05, 4.69) is 9.97 Å². The molecule has 130 valence electrons. The molecule has 0 unspecified atom stereocenters. The Bertz CT molecular complexity index is 744. The van der Waals surface area contributed by atoms with E-state index in [9.17, 15) is 4.79 Å². The second kappa shape index (κ2) is 8.78. The maximum Gasteiger partial charge on any atom is 0.255 e. The molecule has 1 heterocycles. The third kappa shape index (κ3) is 4.32. The summed E-state index contributed by atoms with van der Waals surface area (Å²) < 4.78 is 11.2. The molecule has 1 aromatic heterocycles. The van der Waals surface area contributed by atoms with Crippen LogP contribution in [0.25, 0.3) is 0 Å². The van der Waals surface area contributed by atoms with Crippen molar-refractivity contribution in [3.05, 3.63) is 45.4 Å². The molecule has 0 saturated heterocycles. The zero-order valence-electron chi connectivity index (χ0n) is 14.6. The van der Waals surface area contributed by atoms with Crippen molar-refractivity contribution >= 4 is 11.8 Å². The van der Waals surface area contributed by atoms with E-state index in [4.69, 9.17) is 9.47 Å². The zero-order chi connectivity index (χ0) is 17.5. The number of aryl methyl sites for hydroxylation is 1. The van der Waals surface area contributed by atoms with Gasteiger partial charge in [-0.05, 0) is 44.2 Å². The first kappa shape index (κ1) is 18.4. The van der Waals surface area contributed by atoms with Gasteiger partial charge in [0.15, 0.2) is 16.7 Å². The molecule has 24 heavy (non-hydrogen) atoms. The number of H-pyrrole nitrogens is 1. The normalized spacial score (nSPS) is 10.7. The molecule has 0 bridgehead atoms. The first-order valence-electron chi connectivity index (χ1n) is 8.17. The van der Waals surface area contributed by atoms with Gasteiger partial charge in [0.1, 0.15) is 0 Å². The van der Waals surface area contributed by atoms with E-state index >= 15 is 0 Å². The number of aromatic amines is 1. The van der Waals surface area contributed by atoms with Crippen molar-refractivity contribution in [2.45, 2.75) is 38.8 Å². The van der Waals surface area contributed by atoms with Crippen LogP contribution < -0.4 is 15.0 Å². The lowest BCUT2D eigenvalue weighted by Gasteiger charge is -2.13. The summed E-state index contributed by atoms with van der Waals surface area (Å²) in [6.45, 7) is 7.04. The smallest absolute Gasteiger partial charge is 0.255 e. The molecule has 0 aliphatic carbocycles. The summed E-state index contributed by atoms with van der Waals surface area (Å²) in [5.41, 5.74) is 2.48. The Labute approximate surface area is 146 Å². The van der Waals surface area contributed by atoms with Crippen molar-refractivity contribution in [3.63, 3.8) is 0 Å². The fraction of sp³-hybridized carbons (Fsp3) is 0.444. The van der Waals surface area contributed by atoms with Crippen molar-refractivity contribution in [1.82, 2.24) is 9.97 Å². The molecule has 5 nitrogen and oxygen atoms in total. The monoisotopic (exact) mass is 348 g/mol. The van der Waals surface area contributed by atoms with Crippen molar-refractivity contribution in [2.75, 3.05) is 19.5 Å². The number of hydrogen-bond acceptors (Lipinski definition) is 5. The third-order valence-electron chi connectivity index (χ3n) is 3.60. The van der Waals surface area contributed by atoms with Crippen LogP contribution >= 0.6 is 11.8 Å². The number of nitrogens with zero attached hydrogens (tertiary/aromatic N) is 1. The van der Waals surface area contributed by atoms with Gasteiger partial charge in [0.2, 0.25) is 0 Å². The van der Waals surface area contributed by atoms with Gasteiger partial charge in [-0.3, -0.25) is 4.79 Å². The molecule has 0 amide bonds. The van der Waals surface area contributed by atoms with Crippen molar-refractivity contribution in [2.24, 2.45) is 0 Å². The molecule has 0 saturated carbocycles. The molecule has 0 aliphatic rings. The van der Waals surface area contributed by atoms with E-state index in [1.165, 1.54) is 11.8 Å². The van der Waals surface area contributed by atoms with Crippen LogP contribution in [-0.4, -0.2) is 29.4 Å². The van der Waals surface area contributed by atoms with Gasteiger partial charge >= 0.3 is 0 Å². The molecule has 0 atom stereocenters. The zero-order valence-corrected chi connectivity index (χ0v) is 15.5. The second-order valence-corrected chi connectivity index (χ2v) is 5.97. The van der Waals surface area contributed by atoms with Gasteiger partial charge < -0.3 is 14.5 Å². The fourth-order valence-electron chi connectivity index (χ4n) is 2.50. The van der Waals surface area contributed by atoms with Crippen LogP contribution in [-0.2, 0) is 12.8 Å². The summed E-state index contributed by atoms with van der Waals surface area (Å²) in [5, 5.41) is 0.655. The number of hydrogen-bond donors (Lipinski definition) is 1. The predicted molar refractivity (Wildman–Crippen MR) is 97.6 cm³/mol. The molecule has 0 fully saturated rings. The van der Waals surface area contributed by atoms with Crippen LogP contribution in [0, 0.1) is 0 Å². The van der Waals surface area contributed by atoms with E-state index in [-0.39, 0.29) is 5.56 Å². The Kier molecular flexibility index (Phi) is 6.73. The highest BCUT2D eigenvalue weighted by atomic mass is 32.2. The second-order valence-electron chi connectivity index (χ2n) is 5.18. The van der Waals surface area contributed by atoms with Crippen LogP contribution in [0.5, 0.6) is 11.5 Å². The average Bonchev–Trinajstić information content (AvgIpc) is 2.59. The molecule has 2 rings (SSSR count). The number of rotatable bonds is 8. The highest BCUT2D eigenvalue weighted by Crippen LogP contribution is 2.29.